The van der Waals surface area contributed by atoms with Gasteiger partial charge in [-0.15, -0.1) is 0 Å². The Bertz CT molecular complexity index is 957. The van der Waals surface area contributed by atoms with E-state index in [-0.39, 0.29) is 37.7 Å². The van der Waals surface area contributed by atoms with E-state index < -0.39 is 11.4 Å². The number of ether oxygens (including phenoxy) is 1. The van der Waals surface area contributed by atoms with Gasteiger partial charge in [-0.05, 0) is 16.7 Å². The van der Waals surface area contributed by atoms with Crippen molar-refractivity contribution < 1.29 is 19.1 Å². The SMILES string of the molecule is COC(=O)CCNC(=O)CNC(=O)CC(c1ccccc1)(c1ccccc1)c1ccccc1. The number of carbonyl (C=O) groups is 3. The number of nitrogens with one attached hydrogen (secondary N) is 2. The molecule has 0 aliphatic rings. The predicted octanol–water partition coefficient (Wildman–Crippen LogP) is 3.21. The molecular weight excluding hydrogens is 416 g/mol. The summed E-state index contributed by atoms with van der Waals surface area (Å²) in [6.45, 7) is -0.0161. The van der Waals surface area contributed by atoms with E-state index in [2.05, 4.69) is 15.4 Å². The van der Waals surface area contributed by atoms with Gasteiger partial charge in [0, 0.05) is 13.0 Å². The van der Waals surface area contributed by atoms with Crippen LogP contribution < -0.4 is 10.6 Å². The Morgan fingerprint density at radius 1 is 0.697 bits per heavy atom. The van der Waals surface area contributed by atoms with Crippen LogP contribution in [0.15, 0.2) is 91.0 Å². The monoisotopic (exact) mass is 444 g/mol. The van der Waals surface area contributed by atoms with Crippen molar-refractivity contribution >= 4 is 17.8 Å². The van der Waals surface area contributed by atoms with Gasteiger partial charge in [0.1, 0.15) is 0 Å². The van der Waals surface area contributed by atoms with Crippen LogP contribution in [0.25, 0.3) is 0 Å². The van der Waals surface area contributed by atoms with E-state index in [1.54, 1.807) is 0 Å². The van der Waals surface area contributed by atoms with E-state index in [1.165, 1.54) is 7.11 Å². The fourth-order valence-corrected chi connectivity index (χ4v) is 3.92. The number of carbonyl (C=O) groups excluding carboxylic acids is 3. The Morgan fingerprint density at radius 3 is 1.58 bits per heavy atom. The fraction of sp³-hybridized carbons (Fsp3) is 0.222. The maximum Gasteiger partial charge on any atom is 0.307 e. The summed E-state index contributed by atoms with van der Waals surface area (Å²) in [5.74, 6) is -1.02. The summed E-state index contributed by atoms with van der Waals surface area (Å²) in [4.78, 5) is 36.4. The van der Waals surface area contributed by atoms with Crippen LogP contribution >= 0.6 is 0 Å². The molecule has 2 N–H and O–H groups in total. The van der Waals surface area contributed by atoms with E-state index in [0.717, 1.165) is 16.7 Å². The fourth-order valence-electron chi connectivity index (χ4n) is 3.92. The van der Waals surface area contributed by atoms with E-state index in [1.807, 2.05) is 91.0 Å². The van der Waals surface area contributed by atoms with Crippen LogP contribution in [0.3, 0.4) is 0 Å². The molecule has 6 heteroatoms. The van der Waals surface area contributed by atoms with Crippen LogP contribution in [0.4, 0.5) is 0 Å². The molecule has 0 atom stereocenters. The molecule has 3 aromatic rings. The first-order chi connectivity index (χ1) is 16.1. The first-order valence-electron chi connectivity index (χ1n) is 10.8. The topological polar surface area (TPSA) is 84.5 Å². The standard InChI is InChI=1S/C27H28N2O4/c1-33-26(32)17-18-28-25(31)20-29-24(30)19-27(21-11-5-2-6-12-21,22-13-7-3-8-14-22)23-15-9-4-10-16-23/h2-16H,17-20H2,1H3,(H,28,31)(H,29,30). The number of benzene rings is 3. The van der Waals surface area contributed by atoms with Gasteiger partial charge in [0.2, 0.25) is 11.8 Å². The lowest BCUT2D eigenvalue weighted by atomic mass is 9.67. The second-order valence-electron chi connectivity index (χ2n) is 7.63. The van der Waals surface area contributed by atoms with Crippen LogP contribution in [-0.4, -0.2) is 38.0 Å². The molecule has 0 aliphatic heterocycles. The third kappa shape index (κ3) is 6.07. The molecule has 0 spiro atoms. The molecular formula is C27H28N2O4. The summed E-state index contributed by atoms with van der Waals surface area (Å²) in [5.41, 5.74) is 2.23. The summed E-state index contributed by atoms with van der Waals surface area (Å²) >= 11 is 0. The maximum absolute atomic E-state index is 13.1. The first-order valence-corrected chi connectivity index (χ1v) is 10.8. The number of rotatable bonds is 10. The Hall–Kier alpha value is -3.93. The average molecular weight is 445 g/mol. The van der Waals surface area contributed by atoms with Crippen molar-refractivity contribution in [2.45, 2.75) is 18.3 Å². The number of amides is 2. The van der Waals surface area contributed by atoms with Crippen LogP contribution in [0.1, 0.15) is 29.5 Å². The lowest BCUT2D eigenvalue weighted by Crippen LogP contribution is -2.41. The van der Waals surface area contributed by atoms with Gasteiger partial charge in [-0.3, -0.25) is 14.4 Å². The number of hydrogen-bond acceptors (Lipinski definition) is 4. The van der Waals surface area contributed by atoms with Crippen molar-refractivity contribution in [3.8, 4) is 0 Å². The Kier molecular flexibility index (Phi) is 8.36. The molecule has 0 radical (unpaired) electrons. The van der Waals surface area contributed by atoms with Gasteiger partial charge >= 0.3 is 5.97 Å². The van der Waals surface area contributed by atoms with Crippen molar-refractivity contribution in [2.24, 2.45) is 0 Å². The summed E-state index contributed by atoms with van der Waals surface area (Å²) in [6.07, 6.45) is 0.204. The molecule has 0 aromatic heterocycles. The molecule has 0 fully saturated rings. The van der Waals surface area contributed by atoms with Crippen molar-refractivity contribution in [3.05, 3.63) is 108 Å². The van der Waals surface area contributed by atoms with Gasteiger partial charge in [0.25, 0.3) is 0 Å². The van der Waals surface area contributed by atoms with Gasteiger partial charge in [-0.2, -0.15) is 0 Å². The van der Waals surface area contributed by atoms with Crippen LogP contribution in [0, 0.1) is 0 Å². The van der Waals surface area contributed by atoms with Gasteiger partial charge in [0.05, 0.1) is 25.5 Å². The lowest BCUT2D eigenvalue weighted by molar-refractivity contribution is -0.140. The molecule has 0 heterocycles. The van der Waals surface area contributed by atoms with Crippen molar-refractivity contribution in [3.63, 3.8) is 0 Å². The molecule has 3 aromatic carbocycles. The zero-order valence-electron chi connectivity index (χ0n) is 18.6. The quantitative estimate of drug-likeness (QED) is 0.372. The maximum atomic E-state index is 13.1. The van der Waals surface area contributed by atoms with E-state index in [0.29, 0.717) is 0 Å². The van der Waals surface area contributed by atoms with Crippen molar-refractivity contribution in [2.75, 3.05) is 20.2 Å². The van der Waals surface area contributed by atoms with Gasteiger partial charge in [-0.1, -0.05) is 91.0 Å². The largest absolute Gasteiger partial charge is 0.469 e. The van der Waals surface area contributed by atoms with Gasteiger partial charge in [-0.25, -0.2) is 0 Å². The molecule has 2 amide bonds. The van der Waals surface area contributed by atoms with Gasteiger partial charge in [0.15, 0.2) is 0 Å². The zero-order chi connectivity index (χ0) is 23.5. The Labute approximate surface area is 194 Å². The van der Waals surface area contributed by atoms with E-state index in [4.69, 9.17) is 0 Å². The molecule has 0 saturated heterocycles. The summed E-state index contributed by atoms with van der Waals surface area (Å²) in [7, 11) is 1.29. The molecule has 0 aliphatic carbocycles. The van der Waals surface area contributed by atoms with Crippen LogP contribution in [0.2, 0.25) is 0 Å². The average Bonchev–Trinajstić information content (AvgIpc) is 2.87. The molecule has 0 bridgehead atoms. The molecule has 33 heavy (non-hydrogen) atoms. The molecule has 6 nitrogen and oxygen atoms in total. The van der Waals surface area contributed by atoms with Gasteiger partial charge < -0.3 is 15.4 Å². The predicted molar refractivity (Wildman–Crippen MR) is 126 cm³/mol. The van der Waals surface area contributed by atoms with E-state index in [9.17, 15) is 14.4 Å². The number of hydrogen-bond donors (Lipinski definition) is 2. The summed E-state index contributed by atoms with van der Waals surface area (Å²) in [6, 6.07) is 29.7. The summed E-state index contributed by atoms with van der Waals surface area (Å²) in [5, 5.41) is 5.34. The second-order valence-corrected chi connectivity index (χ2v) is 7.63. The van der Waals surface area contributed by atoms with Crippen molar-refractivity contribution in [1.82, 2.24) is 10.6 Å². The van der Waals surface area contributed by atoms with Crippen LogP contribution in [-0.2, 0) is 24.5 Å². The van der Waals surface area contributed by atoms with E-state index >= 15 is 0 Å². The third-order valence-electron chi connectivity index (χ3n) is 5.55. The highest BCUT2D eigenvalue weighted by Crippen LogP contribution is 2.42. The molecule has 3 rings (SSSR count). The minimum Gasteiger partial charge on any atom is -0.469 e. The highest BCUT2D eigenvalue weighted by molar-refractivity contribution is 5.86. The third-order valence-corrected chi connectivity index (χ3v) is 5.55. The zero-order valence-corrected chi connectivity index (χ0v) is 18.6. The lowest BCUT2D eigenvalue weighted by Gasteiger charge is -2.35. The normalized spacial score (nSPS) is 10.8. The van der Waals surface area contributed by atoms with Crippen molar-refractivity contribution in [1.29, 1.82) is 0 Å². The second kappa shape index (κ2) is 11.6. The number of methoxy groups -OCH3 is 1. The molecule has 0 unspecified atom stereocenters. The number of esters is 1. The Morgan fingerprint density at radius 2 is 1.15 bits per heavy atom. The van der Waals surface area contributed by atoms with Crippen LogP contribution in [0.5, 0.6) is 0 Å². The minimum atomic E-state index is -0.727. The molecule has 170 valence electrons. The first kappa shape index (κ1) is 23.7. The minimum absolute atomic E-state index is 0.0787. The molecule has 0 saturated carbocycles. The highest BCUT2D eigenvalue weighted by Gasteiger charge is 2.38. The smallest absolute Gasteiger partial charge is 0.307 e. The summed E-state index contributed by atoms with van der Waals surface area (Å²) < 4.78 is 4.55. The Balaban J connectivity index is 1.84. The highest BCUT2D eigenvalue weighted by atomic mass is 16.5.